The molecule has 6 heteroatoms. The number of hydrogen-bond acceptors (Lipinski definition) is 3. The number of rotatable bonds is 4. The second-order valence-electron chi connectivity index (χ2n) is 5.93. The molecule has 0 unspecified atom stereocenters. The van der Waals surface area contributed by atoms with Gasteiger partial charge in [0.25, 0.3) is 5.91 Å². The highest BCUT2D eigenvalue weighted by atomic mass is 35.5. The summed E-state index contributed by atoms with van der Waals surface area (Å²) >= 11 is 5.78. The molecule has 3 aromatic rings. The summed E-state index contributed by atoms with van der Waals surface area (Å²) in [6.45, 7) is 4.46. The van der Waals surface area contributed by atoms with Crippen molar-refractivity contribution in [1.82, 2.24) is 19.7 Å². The lowest BCUT2D eigenvalue weighted by atomic mass is 10.1. The average Bonchev–Trinajstić information content (AvgIpc) is 2.90. The first kappa shape index (κ1) is 17.2. The van der Waals surface area contributed by atoms with Crippen LogP contribution in [0, 0.1) is 13.8 Å². The number of halogens is 1. The van der Waals surface area contributed by atoms with E-state index in [0.29, 0.717) is 17.3 Å². The number of benzene rings is 1. The Bertz CT molecular complexity index is 888. The van der Waals surface area contributed by atoms with E-state index in [4.69, 9.17) is 11.6 Å². The molecule has 0 saturated carbocycles. The molecule has 0 aliphatic rings. The second kappa shape index (κ2) is 7.07. The van der Waals surface area contributed by atoms with Crippen molar-refractivity contribution < 1.29 is 4.79 Å². The van der Waals surface area contributed by atoms with Gasteiger partial charge in [-0.25, -0.2) is 9.67 Å². The van der Waals surface area contributed by atoms with Crippen LogP contribution in [-0.2, 0) is 6.54 Å². The molecule has 2 heterocycles. The van der Waals surface area contributed by atoms with Crippen LogP contribution in [0.1, 0.15) is 27.3 Å². The average molecular weight is 355 g/mol. The first-order valence-electron chi connectivity index (χ1n) is 7.95. The van der Waals surface area contributed by atoms with Gasteiger partial charge >= 0.3 is 0 Å². The molecule has 0 fully saturated rings. The molecule has 0 aliphatic carbocycles. The SMILES string of the molecule is Cc1nn(-c2ccccc2)c(C)c1CN(C)C(=O)c1ccc(Cl)nc1. The Labute approximate surface area is 151 Å². The van der Waals surface area contributed by atoms with E-state index in [1.165, 1.54) is 6.20 Å². The minimum absolute atomic E-state index is 0.101. The monoisotopic (exact) mass is 354 g/mol. The van der Waals surface area contributed by atoms with Crippen molar-refractivity contribution in [3.8, 4) is 5.69 Å². The summed E-state index contributed by atoms with van der Waals surface area (Å²) in [5, 5.41) is 5.00. The number of para-hydroxylation sites is 1. The van der Waals surface area contributed by atoms with Gasteiger partial charge in [-0.3, -0.25) is 4.79 Å². The van der Waals surface area contributed by atoms with Gasteiger partial charge in [0.2, 0.25) is 0 Å². The third kappa shape index (κ3) is 3.56. The summed E-state index contributed by atoms with van der Waals surface area (Å²) in [5.41, 5.74) is 4.50. The van der Waals surface area contributed by atoms with E-state index in [9.17, 15) is 4.79 Å². The van der Waals surface area contributed by atoms with E-state index >= 15 is 0 Å². The van der Waals surface area contributed by atoms with Crippen molar-refractivity contribution in [2.45, 2.75) is 20.4 Å². The Balaban J connectivity index is 1.84. The quantitative estimate of drug-likeness (QED) is 0.669. The number of aromatic nitrogens is 3. The molecule has 0 atom stereocenters. The van der Waals surface area contributed by atoms with Crippen LogP contribution in [0.5, 0.6) is 0 Å². The number of nitrogens with zero attached hydrogens (tertiary/aromatic N) is 4. The summed E-state index contributed by atoms with van der Waals surface area (Å²) < 4.78 is 1.91. The van der Waals surface area contributed by atoms with E-state index in [1.54, 1.807) is 24.1 Å². The van der Waals surface area contributed by atoms with Crippen molar-refractivity contribution >= 4 is 17.5 Å². The molecule has 1 amide bonds. The molecule has 128 valence electrons. The molecule has 3 rings (SSSR count). The zero-order valence-electron chi connectivity index (χ0n) is 14.4. The van der Waals surface area contributed by atoms with Gasteiger partial charge in [-0.15, -0.1) is 0 Å². The van der Waals surface area contributed by atoms with Gasteiger partial charge in [-0.2, -0.15) is 5.10 Å². The molecular weight excluding hydrogens is 336 g/mol. The maximum Gasteiger partial charge on any atom is 0.255 e. The van der Waals surface area contributed by atoms with Crippen LogP contribution >= 0.6 is 11.6 Å². The molecule has 5 nitrogen and oxygen atoms in total. The zero-order valence-corrected chi connectivity index (χ0v) is 15.2. The normalized spacial score (nSPS) is 10.7. The fraction of sp³-hybridized carbons (Fsp3) is 0.211. The van der Waals surface area contributed by atoms with Gasteiger partial charge in [0, 0.05) is 31.0 Å². The first-order valence-corrected chi connectivity index (χ1v) is 8.32. The van der Waals surface area contributed by atoms with Crippen LogP contribution < -0.4 is 0 Å². The third-order valence-corrected chi connectivity index (χ3v) is 4.38. The molecule has 0 saturated heterocycles. The van der Waals surface area contributed by atoms with Crippen molar-refractivity contribution in [3.05, 3.63) is 76.3 Å². The van der Waals surface area contributed by atoms with Gasteiger partial charge in [0.15, 0.2) is 0 Å². The van der Waals surface area contributed by atoms with Crippen LogP contribution in [0.2, 0.25) is 5.15 Å². The van der Waals surface area contributed by atoms with E-state index in [2.05, 4.69) is 10.1 Å². The van der Waals surface area contributed by atoms with Crippen molar-refractivity contribution in [1.29, 1.82) is 0 Å². The van der Waals surface area contributed by atoms with Crippen molar-refractivity contribution in [3.63, 3.8) is 0 Å². The first-order chi connectivity index (χ1) is 12.0. The van der Waals surface area contributed by atoms with E-state index in [0.717, 1.165) is 22.6 Å². The molecule has 25 heavy (non-hydrogen) atoms. The fourth-order valence-corrected chi connectivity index (χ4v) is 2.87. The highest BCUT2D eigenvalue weighted by molar-refractivity contribution is 6.29. The smallest absolute Gasteiger partial charge is 0.255 e. The van der Waals surface area contributed by atoms with E-state index in [-0.39, 0.29) is 5.91 Å². The van der Waals surface area contributed by atoms with E-state index < -0.39 is 0 Å². The third-order valence-electron chi connectivity index (χ3n) is 4.16. The van der Waals surface area contributed by atoms with Gasteiger partial charge in [-0.05, 0) is 38.1 Å². The predicted molar refractivity (Wildman–Crippen MR) is 98.1 cm³/mol. The van der Waals surface area contributed by atoms with Crippen LogP contribution in [0.15, 0.2) is 48.7 Å². The molecular formula is C19H19ClN4O. The Hall–Kier alpha value is -2.66. The lowest BCUT2D eigenvalue weighted by Gasteiger charge is -2.17. The maximum atomic E-state index is 12.6. The lowest BCUT2D eigenvalue weighted by molar-refractivity contribution is 0.0784. The molecule has 1 aromatic carbocycles. The van der Waals surface area contributed by atoms with Gasteiger partial charge in [-0.1, -0.05) is 29.8 Å². The topological polar surface area (TPSA) is 51.0 Å². The van der Waals surface area contributed by atoms with E-state index in [1.807, 2.05) is 48.9 Å². The minimum atomic E-state index is -0.101. The Morgan fingerprint density at radius 3 is 2.52 bits per heavy atom. The Kier molecular flexibility index (Phi) is 4.86. The van der Waals surface area contributed by atoms with Crippen molar-refractivity contribution in [2.75, 3.05) is 7.05 Å². The standard InChI is InChI=1S/C19H19ClN4O/c1-13-17(14(2)24(22-13)16-7-5-4-6-8-16)12-23(3)19(25)15-9-10-18(20)21-11-15/h4-11H,12H2,1-3H3. The number of carbonyl (C=O) groups is 1. The summed E-state index contributed by atoms with van der Waals surface area (Å²) in [4.78, 5) is 18.2. The molecule has 0 spiro atoms. The minimum Gasteiger partial charge on any atom is -0.337 e. The summed E-state index contributed by atoms with van der Waals surface area (Å²) in [5.74, 6) is -0.101. The summed E-state index contributed by atoms with van der Waals surface area (Å²) in [6, 6.07) is 13.3. The number of aryl methyl sites for hydroxylation is 1. The van der Waals surface area contributed by atoms with Crippen LogP contribution in [-0.4, -0.2) is 32.6 Å². The van der Waals surface area contributed by atoms with Crippen LogP contribution in [0.25, 0.3) is 5.69 Å². The molecule has 0 aliphatic heterocycles. The largest absolute Gasteiger partial charge is 0.337 e. The maximum absolute atomic E-state index is 12.6. The highest BCUT2D eigenvalue weighted by Gasteiger charge is 2.18. The number of carbonyl (C=O) groups excluding carboxylic acids is 1. The van der Waals surface area contributed by atoms with Gasteiger partial charge in [0.1, 0.15) is 5.15 Å². The number of pyridine rings is 1. The van der Waals surface area contributed by atoms with Crippen LogP contribution in [0.3, 0.4) is 0 Å². The fourth-order valence-electron chi connectivity index (χ4n) is 2.76. The Morgan fingerprint density at radius 1 is 1.16 bits per heavy atom. The lowest BCUT2D eigenvalue weighted by Crippen LogP contribution is -2.26. The summed E-state index contributed by atoms with van der Waals surface area (Å²) in [6.07, 6.45) is 1.49. The molecule has 0 N–H and O–H groups in total. The molecule has 0 bridgehead atoms. The highest BCUT2D eigenvalue weighted by Crippen LogP contribution is 2.20. The number of hydrogen-bond donors (Lipinski definition) is 0. The summed E-state index contributed by atoms with van der Waals surface area (Å²) in [7, 11) is 1.77. The van der Waals surface area contributed by atoms with Gasteiger partial charge < -0.3 is 4.90 Å². The second-order valence-corrected chi connectivity index (χ2v) is 6.31. The number of amides is 1. The predicted octanol–water partition coefficient (Wildman–Crippen LogP) is 3.81. The zero-order chi connectivity index (χ0) is 18.0. The van der Waals surface area contributed by atoms with Crippen LogP contribution in [0.4, 0.5) is 0 Å². The Morgan fingerprint density at radius 2 is 1.88 bits per heavy atom. The molecule has 0 radical (unpaired) electrons. The van der Waals surface area contributed by atoms with Crippen molar-refractivity contribution in [2.24, 2.45) is 0 Å². The molecule has 2 aromatic heterocycles. The van der Waals surface area contributed by atoms with Gasteiger partial charge in [0.05, 0.1) is 16.9 Å².